The van der Waals surface area contributed by atoms with E-state index in [2.05, 4.69) is 20.6 Å². The molecule has 0 saturated heterocycles. The first-order valence-corrected chi connectivity index (χ1v) is 8.79. The maximum atomic E-state index is 13.0. The Morgan fingerprint density at radius 1 is 0.969 bits per heavy atom. The van der Waals surface area contributed by atoms with E-state index >= 15 is 0 Å². The van der Waals surface area contributed by atoms with Crippen molar-refractivity contribution in [2.75, 3.05) is 5.32 Å². The number of nitrogens with one attached hydrogen (secondary N) is 2. The number of hydrazone groups is 1. The highest BCUT2D eigenvalue weighted by Crippen LogP contribution is 2.30. The van der Waals surface area contributed by atoms with Gasteiger partial charge in [0.15, 0.2) is 0 Å². The molecule has 4 N–H and O–H groups in total. The topological polar surface area (TPSA) is 106 Å². The number of hydrogen-bond acceptors (Lipinski definition) is 4. The molecule has 32 heavy (non-hydrogen) atoms. The van der Waals surface area contributed by atoms with Crippen molar-refractivity contribution in [3.63, 3.8) is 0 Å². The van der Waals surface area contributed by atoms with Crippen molar-refractivity contribution in [2.24, 2.45) is 10.8 Å². The minimum absolute atomic E-state index is 0.00928. The first kappa shape index (κ1) is 24.5. The zero-order chi connectivity index (χ0) is 23.9. The maximum absolute atomic E-state index is 13.0. The minimum Gasteiger partial charge on any atom is -0.406 e. The molecule has 0 radical (unpaired) electrons. The van der Waals surface area contributed by atoms with Gasteiger partial charge in [0, 0.05) is 18.5 Å². The first-order chi connectivity index (χ1) is 14.8. The van der Waals surface area contributed by atoms with E-state index in [1.54, 1.807) is 0 Å². The first-order valence-electron chi connectivity index (χ1n) is 8.79. The fourth-order valence-electron chi connectivity index (χ4n) is 2.40. The summed E-state index contributed by atoms with van der Waals surface area (Å²) < 4.78 is 79.1. The van der Waals surface area contributed by atoms with Crippen LogP contribution >= 0.6 is 0 Å². The van der Waals surface area contributed by atoms with Crippen LogP contribution in [0.4, 0.5) is 36.8 Å². The molecule has 0 aliphatic heterocycles. The Bertz CT molecular complexity index is 988. The number of amides is 3. The average molecular weight is 462 g/mol. The van der Waals surface area contributed by atoms with Crippen LogP contribution in [-0.2, 0) is 11.0 Å². The smallest absolute Gasteiger partial charge is 0.406 e. The van der Waals surface area contributed by atoms with Crippen LogP contribution in [0.25, 0.3) is 0 Å². The fraction of sp³-hybridized carbons (Fsp3) is 0.211. The van der Waals surface area contributed by atoms with Crippen molar-refractivity contribution < 1.29 is 40.7 Å². The summed E-state index contributed by atoms with van der Waals surface area (Å²) >= 11 is 0. The lowest BCUT2D eigenvalue weighted by atomic mass is 10.0. The van der Waals surface area contributed by atoms with Gasteiger partial charge in [-0.2, -0.15) is 18.3 Å². The number of urea groups is 1. The van der Waals surface area contributed by atoms with Gasteiger partial charge < -0.3 is 15.8 Å². The summed E-state index contributed by atoms with van der Waals surface area (Å²) in [5.74, 6) is -1.23. The number of anilines is 1. The van der Waals surface area contributed by atoms with E-state index < -0.39 is 35.8 Å². The number of ether oxygens (including phenoxy) is 1. The van der Waals surface area contributed by atoms with Gasteiger partial charge in [-0.3, -0.25) is 4.79 Å². The number of alkyl halides is 6. The Labute approximate surface area is 177 Å². The normalized spacial score (nSPS) is 12.2. The van der Waals surface area contributed by atoms with Crippen LogP contribution in [0.5, 0.6) is 5.75 Å². The predicted octanol–water partition coefficient (Wildman–Crippen LogP) is 4.40. The number of primary amides is 1. The van der Waals surface area contributed by atoms with Gasteiger partial charge in [0.1, 0.15) is 5.75 Å². The molecule has 0 aliphatic rings. The monoisotopic (exact) mass is 462 g/mol. The van der Waals surface area contributed by atoms with Gasteiger partial charge in [-0.1, -0.05) is 12.1 Å². The van der Waals surface area contributed by atoms with Crippen molar-refractivity contribution in [2.45, 2.75) is 25.4 Å². The van der Waals surface area contributed by atoms with E-state index in [1.807, 2.05) is 0 Å². The quantitative estimate of drug-likeness (QED) is 0.323. The lowest BCUT2D eigenvalue weighted by Crippen LogP contribution is -2.26. The molecule has 2 aromatic rings. The number of rotatable bonds is 7. The van der Waals surface area contributed by atoms with Gasteiger partial charge in [-0.25, -0.2) is 10.2 Å². The van der Waals surface area contributed by atoms with E-state index in [0.29, 0.717) is 0 Å². The van der Waals surface area contributed by atoms with E-state index in [-0.39, 0.29) is 29.8 Å². The van der Waals surface area contributed by atoms with E-state index in [9.17, 15) is 35.9 Å². The number of hydrogen-bond donors (Lipinski definition) is 3. The summed E-state index contributed by atoms with van der Waals surface area (Å²) in [7, 11) is 0. The average Bonchev–Trinajstić information content (AvgIpc) is 2.67. The van der Waals surface area contributed by atoms with Crippen molar-refractivity contribution in [1.29, 1.82) is 0 Å². The number of carbonyl (C=O) groups excluding carboxylic acids is 2. The third kappa shape index (κ3) is 8.16. The molecule has 0 fully saturated rings. The highest BCUT2D eigenvalue weighted by Gasteiger charge is 2.31. The molecule has 0 spiro atoms. The molecular weight excluding hydrogens is 446 g/mol. The number of nitrogens with zero attached hydrogens (tertiary/aromatic N) is 1. The van der Waals surface area contributed by atoms with Gasteiger partial charge in [0.2, 0.25) is 5.91 Å². The van der Waals surface area contributed by atoms with Crippen LogP contribution in [0, 0.1) is 0 Å². The lowest BCUT2D eigenvalue weighted by molar-refractivity contribution is -0.274. The van der Waals surface area contributed by atoms with Crippen LogP contribution in [-0.4, -0.2) is 24.0 Å². The third-order valence-electron chi connectivity index (χ3n) is 3.77. The molecule has 0 aromatic heterocycles. The molecule has 0 atom stereocenters. The summed E-state index contributed by atoms with van der Waals surface area (Å²) in [6.45, 7) is 0. The molecule has 2 aromatic carbocycles. The highest BCUT2D eigenvalue weighted by molar-refractivity contribution is 6.03. The van der Waals surface area contributed by atoms with Gasteiger partial charge in [-0.15, -0.1) is 13.2 Å². The second kappa shape index (κ2) is 10.0. The van der Waals surface area contributed by atoms with Crippen molar-refractivity contribution in [3.05, 3.63) is 59.7 Å². The molecule has 0 saturated carbocycles. The molecule has 7 nitrogen and oxygen atoms in total. The van der Waals surface area contributed by atoms with Crippen LogP contribution in [0.3, 0.4) is 0 Å². The Kier molecular flexibility index (Phi) is 7.67. The zero-order valence-corrected chi connectivity index (χ0v) is 16.1. The Balaban J connectivity index is 2.12. The Hall–Kier alpha value is -3.77. The lowest BCUT2D eigenvalue weighted by Gasteiger charge is -2.11. The number of carbonyl (C=O) groups is 2. The zero-order valence-electron chi connectivity index (χ0n) is 16.1. The number of halogens is 6. The maximum Gasteiger partial charge on any atom is 0.573 e. The number of nitrogens with two attached hydrogens (primary N) is 1. The summed E-state index contributed by atoms with van der Waals surface area (Å²) in [5.41, 5.74) is 6.23. The summed E-state index contributed by atoms with van der Waals surface area (Å²) in [5, 5.41) is 6.03. The van der Waals surface area contributed by atoms with Crippen molar-refractivity contribution in [1.82, 2.24) is 5.43 Å². The van der Waals surface area contributed by atoms with Crippen molar-refractivity contribution in [3.8, 4) is 5.75 Å². The van der Waals surface area contributed by atoms with Gasteiger partial charge >= 0.3 is 18.6 Å². The van der Waals surface area contributed by atoms with E-state index in [0.717, 1.165) is 42.5 Å². The Morgan fingerprint density at radius 3 is 2.19 bits per heavy atom. The van der Waals surface area contributed by atoms with Crippen LogP contribution in [0.1, 0.15) is 24.0 Å². The third-order valence-corrected chi connectivity index (χ3v) is 3.77. The Morgan fingerprint density at radius 2 is 1.62 bits per heavy atom. The van der Waals surface area contributed by atoms with Gasteiger partial charge in [-0.05, 0) is 42.0 Å². The van der Waals surface area contributed by atoms with E-state index in [4.69, 9.17) is 5.73 Å². The number of benzene rings is 2. The second-order valence-electron chi connectivity index (χ2n) is 6.24. The van der Waals surface area contributed by atoms with Gasteiger partial charge in [0.05, 0.1) is 11.3 Å². The molecular formula is C19H16F6N4O3. The molecule has 0 heterocycles. The SMILES string of the molecule is NC(=O)CCC(=NNC(=O)Nc1ccc(OC(F)(F)F)cc1)c1cccc(C(F)(F)F)c1. The second-order valence-corrected chi connectivity index (χ2v) is 6.24. The molecule has 0 aliphatic carbocycles. The van der Waals surface area contributed by atoms with Crippen LogP contribution < -0.4 is 21.2 Å². The molecule has 0 unspecified atom stereocenters. The van der Waals surface area contributed by atoms with Crippen LogP contribution in [0.2, 0.25) is 0 Å². The standard InChI is InChI=1S/C19H16F6N4O3/c20-18(21,22)12-3-1-2-11(10-12)15(8-9-16(26)30)28-29-17(31)27-13-4-6-14(7-5-13)32-19(23,24)25/h1-7,10H,8-9H2,(H2,26,30)(H2,27,29,31). The predicted molar refractivity (Wildman–Crippen MR) is 102 cm³/mol. The molecule has 0 bridgehead atoms. The van der Waals surface area contributed by atoms with Gasteiger partial charge in [0.25, 0.3) is 0 Å². The minimum atomic E-state index is -4.87. The summed E-state index contributed by atoms with van der Waals surface area (Å²) in [6, 6.07) is 7.37. The van der Waals surface area contributed by atoms with Crippen LogP contribution in [0.15, 0.2) is 53.6 Å². The largest absolute Gasteiger partial charge is 0.573 e. The molecule has 3 amide bonds. The molecule has 13 heteroatoms. The molecule has 172 valence electrons. The molecule has 2 rings (SSSR count). The summed E-state index contributed by atoms with van der Waals surface area (Å²) in [4.78, 5) is 23.1. The van der Waals surface area contributed by atoms with E-state index in [1.165, 1.54) is 6.07 Å². The highest BCUT2D eigenvalue weighted by atomic mass is 19.4. The van der Waals surface area contributed by atoms with Crippen molar-refractivity contribution >= 4 is 23.3 Å². The fourth-order valence-corrected chi connectivity index (χ4v) is 2.40. The summed E-state index contributed by atoms with van der Waals surface area (Å²) in [6.07, 6.45) is -9.87.